The predicted molar refractivity (Wildman–Crippen MR) is 94.0 cm³/mol. The summed E-state index contributed by atoms with van der Waals surface area (Å²) in [5.41, 5.74) is 0.410. The second-order valence-electron chi connectivity index (χ2n) is 6.50. The van der Waals surface area contributed by atoms with Crippen molar-refractivity contribution in [3.8, 4) is 0 Å². The Morgan fingerprint density at radius 1 is 0.923 bits per heavy atom. The molecule has 2 amide bonds. The molecule has 0 saturated carbocycles. The van der Waals surface area contributed by atoms with Crippen molar-refractivity contribution in [3.63, 3.8) is 0 Å². The van der Waals surface area contributed by atoms with Gasteiger partial charge in [0.15, 0.2) is 5.76 Å². The number of rotatable bonds is 3. The number of hydrogen-bond acceptors (Lipinski definition) is 6. The lowest BCUT2D eigenvalue weighted by molar-refractivity contribution is 0.0515. The summed E-state index contributed by atoms with van der Waals surface area (Å²) in [5.74, 6) is 0.703. The standard InChI is InChI=1S/C18H21N5O3/c24-16(14-5-6-19-18(20-14)23-7-1-2-8-23)21-9-11-22(12-10-21)17(25)15-4-3-13-26-15/h3-6,13H,1-2,7-12H2. The van der Waals surface area contributed by atoms with Gasteiger partial charge in [0, 0.05) is 45.5 Å². The van der Waals surface area contributed by atoms with Crippen LogP contribution >= 0.6 is 0 Å². The molecule has 0 aliphatic carbocycles. The van der Waals surface area contributed by atoms with Crippen LogP contribution in [0.25, 0.3) is 0 Å². The largest absolute Gasteiger partial charge is 0.459 e. The van der Waals surface area contributed by atoms with E-state index in [4.69, 9.17) is 4.42 Å². The van der Waals surface area contributed by atoms with Crippen LogP contribution in [0.15, 0.2) is 35.1 Å². The third kappa shape index (κ3) is 3.26. The molecule has 0 radical (unpaired) electrons. The second-order valence-corrected chi connectivity index (χ2v) is 6.50. The number of carbonyl (C=O) groups excluding carboxylic acids is 2. The van der Waals surface area contributed by atoms with Gasteiger partial charge in [-0.2, -0.15) is 0 Å². The van der Waals surface area contributed by atoms with E-state index in [0.717, 1.165) is 25.9 Å². The Morgan fingerprint density at radius 2 is 1.62 bits per heavy atom. The maximum absolute atomic E-state index is 12.8. The van der Waals surface area contributed by atoms with Crippen molar-refractivity contribution in [1.29, 1.82) is 0 Å². The molecule has 2 aliphatic heterocycles. The monoisotopic (exact) mass is 355 g/mol. The van der Waals surface area contributed by atoms with Gasteiger partial charge in [-0.1, -0.05) is 0 Å². The first-order chi connectivity index (χ1) is 12.7. The van der Waals surface area contributed by atoms with Gasteiger partial charge in [0.2, 0.25) is 5.95 Å². The van der Waals surface area contributed by atoms with Gasteiger partial charge in [-0.25, -0.2) is 9.97 Å². The fourth-order valence-corrected chi connectivity index (χ4v) is 3.37. The number of nitrogens with zero attached hydrogens (tertiary/aromatic N) is 5. The summed E-state index contributed by atoms with van der Waals surface area (Å²) in [4.78, 5) is 39.4. The normalized spacial score (nSPS) is 17.6. The first-order valence-corrected chi connectivity index (χ1v) is 8.92. The Hall–Kier alpha value is -2.90. The molecule has 2 aromatic heterocycles. The molecule has 8 heteroatoms. The molecule has 2 aromatic rings. The highest BCUT2D eigenvalue weighted by Crippen LogP contribution is 2.17. The molecule has 4 heterocycles. The Balaban J connectivity index is 1.39. The third-order valence-corrected chi connectivity index (χ3v) is 4.84. The molecule has 8 nitrogen and oxygen atoms in total. The van der Waals surface area contributed by atoms with Crippen molar-refractivity contribution in [2.24, 2.45) is 0 Å². The summed E-state index contributed by atoms with van der Waals surface area (Å²) in [6, 6.07) is 5.00. The lowest BCUT2D eigenvalue weighted by atomic mass is 10.2. The molecule has 2 fully saturated rings. The molecule has 136 valence electrons. The van der Waals surface area contributed by atoms with Gasteiger partial charge in [0.1, 0.15) is 5.69 Å². The number of furan rings is 1. The van der Waals surface area contributed by atoms with Gasteiger partial charge in [-0.15, -0.1) is 0 Å². The van der Waals surface area contributed by atoms with Crippen molar-refractivity contribution in [2.45, 2.75) is 12.8 Å². The average molecular weight is 355 g/mol. The zero-order valence-electron chi connectivity index (χ0n) is 14.5. The van der Waals surface area contributed by atoms with Crippen LogP contribution < -0.4 is 4.90 Å². The van der Waals surface area contributed by atoms with Gasteiger partial charge in [0.25, 0.3) is 11.8 Å². The quantitative estimate of drug-likeness (QED) is 0.825. The SMILES string of the molecule is O=C(c1ccnc(N2CCCC2)n1)N1CCN(C(=O)c2ccco2)CC1. The molecule has 2 saturated heterocycles. The Bertz CT molecular complexity index is 778. The predicted octanol–water partition coefficient (Wildman–Crippen LogP) is 1.27. The molecule has 26 heavy (non-hydrogen) atoms. The summed E-state index contributed by atoms with van der Waals surface area (Å²) in [7, 11) is 0. The lowest BCUT2D eigenvalue weighted by Gasteiger charge is -2.34. The lowest BCUT2D eigenvalue weighted by Crippen LogP contribution is -2.50. The van der Waals surface area contributed by atoms with Crippen LogP contribution in [0.2, 0.25) is 0 Å². The average Bonchev–Trinajstić information content (AvgIpc) is 3.41. The van der Waals surface area contributed by atoms with Crippen LogP contribution in [-0.2, 0) is 0 Å². The van der Waals surface area contributed by atoms with E-state index in [2.05, 4.69) is 14.9 Å². The van der Waals surface area contributed by atoms with Crippen LogP contribution in [0.3, 0.4) is 0 Å². The minimum Gasteiger partial charge on any atom is -0.459 e. The molecule has 4 rings (SSSR count). The topological polar surface area (TPSA) is 82.8 Å². The smallest absolute Gasteiger partial charge is 0.289 e. The molecule has 2 aliphatic rings. The first kappa shape index (κ1) is 16.6. The second kappa shape index (κ2) is 7.15. The van der Waals surface area contributed by atoms with E-state index in [0.29, 0.717) is 43.6 Å². The van der Waals surface area contributed by atoms with Crippen molar-refractivity contribution in [3.05, 3.63) is 42.1 Å². The molecular weight excluding hydrogens is 334 g/mol. The summed E-state index contributed by atoms with van der Waals surface area (Å²) >= 11 is 0. The van der Waals surface area contributed by atoms with E-state index >= 15 is 0 Å². The fraction of sp³-hybridized carbons (Fsp3) is 0.444. The summed E-state index contributed by atoms with van der Waals surface area (Å²) in [6.07, 6.45) is 5.39. The van der Waals surface area contributed by atoms with Gasteiger partial charge in [-0.05, 0) is 31.0 Å². The summed E-state index contributed by atoms with van der Waals surface area (Å²) in [6.45, 7) is 3.80. The molecule has 0 unspecified atom stereocenters. The van der Waals surface area contributed by atoms with E-state index in [1.165, 1.54) is 6.26 Å². The summed E-state index contributed by atoms with van der Waals surface area (Å²) < 4.78 is 5.16. The Kier molecular flexibility index (Phi) is 4.55. The third-order valence-electron chi connectivity index (χ3n) is 4.84. The number of aromatic nitrogens is 2. The van der Waals surface area contributed by atoms with Gasteiger partial charge in [-0.3, -0.25) is 9.59 Å². The fourth-order valence-electron chi connectivity index (χ4n) is 3.37. The zero-order chi connectivity index (χ0) is 17.9. The van der Waals surface area contributed by atoms with E-state index in [1.807, 2.05) is 0 Å². The highest BCUT2D eigenvalue weighted by molar-refractivity contribution is 5.93. The van der Waals surface area contributed by atoms with E-state index in [1.54, 1.807) is 34.2 Å². The first-order valence-electron chi connectivity index (χ1n) is 8.92. The van der Waals surface area contributed by atoms with Crippen molar-refractivity contribution >= 4 is 17.8 Å². The van der Waals surface area contributed by atoms with Crippen LogP contribution in [0.5, 0.6) is 0 Å². The zero-order valence-corrected chi connectivity index (χ0v) is 14.5. The number of hydrogen-bond donors (Lipinski definition) is 0. The number of carbonyl (C=O) groups is 2. The number of anilines is 1. The van der Waals surface area contributed by atoms with Crippen LogP contribution in [0, 0.1) is 0 Å². The molecule has 0 N–H and O–H groups in total. The molecule has 0 atom stereocenters. The maximum Gasteiger partial charge on any atom is 0.289 e. The van der Waals surface area contributed by atoms with Crippen molar-refractivity contribution in [1.82, 2.24) is 19.8 Å². The Labute approximate surface area is 151 Å². The molecule has 0 bridgehead atoms. The maximum atomic E-state index is 12.8. The van der Waals surface area contributed by atoms with Gasteiger partial charge < -0.3 is 19.1 Å². The van der Waals surface area contributed by atoms with Crippen molar-refractivity contribution < 1.29 is 14.0 Å². The number of amides is 2. The Morgan fingerprint density at radius 3 is 2.27 bits per heavy atom. The van der Waals surface area contributed by atoms with Gasteiger partial charge in [0.05, 0.1) is 6.26 Å². The molecule has 0 spiro atoms. The van der Waals surface area contributed by atoms with Crippen LogP contribution in [0.4, 0.5) is 5.95 Å². The summed E-state index contributed by atoms with van der Waals surface area (Å²) in [5, 5.41) is 0. The van der Waals surface area contributed by atoms with Crippen LogP contribution in [0.1, 0.15) is 33.9 Å². The highest BCUT2D eigenvalue weighted by atomic mass is 16.3. The molecular formula is C18H21N5O3. The minimum absolute atomic E-state index is 0.113. The minimum atomic E-state index is -0.138. The molecule has 0 aromatic carbocycles. The van der Waals surface area contributed by atoms with E-state index in [9.17, 15) is 9.59 Å². The van der Waals surface area contributed by atoms with Crippen molar-refractivity contribution in [2.75, 3.05) is 44.2 Å². The van der Waals surface area contributed by atoms with E-state index in [-0.39, 0.29) is 11.8 Å². The number of piperazine rings is 1. The highest BCUT2D eigenvalue weighted by Gasteiger charge is 2.27. The van der Waals surface area contributed by atoms with E-state index < -0.39 is 0 Å². The van der Waals surface area contributed by atoms with Gasteiger partial charge >= 0.3 is 0 Å². The van der Waals surface area contributed by atoms with Crippen LogP contribution in [-0.4, -0.2) is 70.9 Å².